The van der Waals surface area contributed by atoms with E-state index in [9.17, 15) is 9.59 Å². The third kappa shape index (κ3) is 4.53. The number of hydrogen-bond donors (Lipinski definition) is 0. The van der Waals surface area contributed by atoms with Gasteiger partial charge >= 0.3 is 0 Å². The van der Waals surface area contributed by atoms with Crippen LogP contribution in [-0.2, 0) is 4.79 Å². The summed E-state index contributed by atoms with van der Waals surface area (Å²) in [4.78, 5) is 33.5. The molecule has 4 rings (SSSR count). The molecule has 3 atom stereocenters. The van der Waals surface area contributed by atoms with Gasteiger partial charge in [0.05, 0.1) is 29.0 Å². The lowest BCUT2D eigenvalue weighted by atomic mass is 9.92. The van der Waals surface area contributed by atoms with Crippen molar-refractivity contribution in [3.05, 3.63) is 58.9 Å². The molecule has 6 nitrogen and oxygen atoms in total. The molecular formula is C25H29N3O3S. The quantitative estimate of drug-likeness (QED) is 0.426. The monoisotopic (exact) mass is 451 g/mol. The molecule has 2 heterocycles. The fourth-order valence-electron chi connectivity index (χ4n) is 4.48. The van der Waals surface area contributed by atoms with Gasteiger partial charge in [0.1, 0.15) is 5.75 Å². The first-order valence-electron chi connectivity index (χ1n) is 11.0. The Kier molecular flexibility index (Phi) is 6.55. The van der Waals surface area contributed by atoms with Gasteiger partial charge in [-0.3, -0.25) is 14.2 Å². The summed E-state index contributed by atoms with van der Waals surface area (Å²) in [5.74, 6) is 1.73. The zero-order chi connectivity index (χ0) is 22.8. The number of piperidine rings is 1. The fourth-order valence-corrected chi connectivity index (χ4v) is 5.49. The van der Waals surface area contributed by atoms with Crippen molar-refractivity contribution in [3.63, 3.8) is 0 Å². The highest BCUT2D eigenvalue weighted by molar-refractivity contribution is 8.00. The van der Waals surface area contributed by atoms with Crippen LogP contribution in [0.4, 0.5) is 0 Å². The molecule has 1 aliphatic rings. The van der Waals surface area contributed by atoms with Crippen LogP contribution in [0, 0.1) is 11.8 Å². The summed E-state index contributed by atoms with van der Waals surface area (Å²) >= 11 is 1.33. The molecule has 32 heavy (non-hydrogen) atoms. The average molecular weight is 452 g/mol. The Labute approximate surface area is 192 Å². The van der Waals surface area contributed by atoms with E-state index in [0.717, 1.165) is 19.5 Å². The first-order chi connectivity index (χ1) is 15.4. The van der Waals surface area contributed by atoms with Crippen molar-refractivity contribution in [2.24, 2.45) is 11.8 Å². The predicted octanol–water partition coefficient (Wildman–Crippen LogP) is 4.38. The van der Waals surface area contributed by atoms with Gasteiger partial charge in [-0.15, -0.1) is 0 Å². The summed E-state index contributed by atoms with van der Waals surface area (Å²) in [6.07, 6.45) is 1.15. The smallest absolute Gasteiger partial charge is 0.266 e. The van der Waals surface area contributed by atoms with Gasteiger partial charge in [0, 0.05) is 19.2 Å². The molecule has 168 valence electrons. The number of ether oxygens (including phenoxy) is 1. The number of benzene rings is 2. The van der Waals surface area contributed by atoms with Crippen LogP contribution in [0.15, 0.2) is 58.5 Å². The Morgan fingerprint density at radius 1 is 1.12 bits per heavy atom. The van der Waals surface area contributed by atoms with Crippen LogP contribution in [0.1, 0.15) is 27.2 Å². The highest BCUT2D eigenvalue weighted by atomic mass is 32.2. The number of nitrogens with zero attached hydrogens (tertiary/aromatic N) is 3. The van der Waals surface area contributed by atoms with E-state index in [2.05, 4.69) is 13.8 Å². The van der Waals surface area contributed by atoms with E-state index in [-0.39, 0.29) is 16.7 Å². The third-order valence-corrected chi connectivity index (χ3v) is 6.91. The minimum atomic E-state index is -0.363. The van der Waals surface area contributed by atoms with Crippen LogP contribution < -0.4 is 10.3 Å². The third-order valence-electron chi connectivity index (χ3n) is 5.87. The molecule has 1 aliphatic heterocycles. The average Bonchev–Trinajstić information content (AvgIpc) is 2.78. The molecule has 1 fully saturated rings. The number of aromatic nitrogens is 2. The topological polar surface area (TPSA) is 64.4 Å². The largest absolute Gasteiger partial charge is 0.497 e. The lowest BCUT2D eigenvalue weighted by Crippen LogP contribution is -2.45. The molecule has 0 saturated carbocycles. The number of likely N-dealkylation sites (tertiary alicyclic amines) is 1. The second kappa shape index (κ2) is 9.36. The highest BCUT2D eigenvalue weighted by Crippen LogP contribution is 2.29. The van der Waals surface area contributed by atoms with Gasteiger partial charge in [-0.05, 0) is 49.4 Å². The summed E-state index contributed by atoms with van der Waals surface area (Å²) in [5.41, 5.74) is 1.13. The van der Waals surface area contributed by atoms with Gasteiger partial charge in [0.15, 0.2) is 5.16 Å². The lowest BCUT2D eigenvalue weighted by molar-refractivity contribution is -0.132. The van der Waals surface area contributed by atoms with E-state index in [0.29, 0.717) is 39.3 Å². The van der Waals surface area contributed by atoms with Gasteiger partial charge in [0.25, 0.3) is 5.56 Å². The number of carbonyl (C=O) groups is 1. The Morgan fingerprint density at radius 2 is 1.84 bits per heavy atom. The maximum absolute atomic E-state index is 13.5. The van der Waals surface area contributed by atoms with Gasteiger partial charge in [-0.2, -0.15) is 0 Å². The minimum absolute atomic E-state index is 0.0907. The number of methoxy groups -OCH3 is 1. The summed E-state index contributed by atoms with van der Waals surface area (Å²) in [6.45, 7) is 7.84. The number of amides is 1. The standard InChI is InChI=1S/C25H29N3O3S/c1-16-12-17(2)15-27(14-16)23(29)18(3)32-25-26-22-11-6-5-10-21(22)24(30)28(25)19-8-7-9-20(13-19)31-4/h5-11,13,16-18H,12,14-15H2,1-4H3. The van der Waals surface area contributed by atoms with Gasteiger partial charge in [0.2, 0.25) is 5.91 Å². The highest BCUT2D eigenvalue weighted by Gasteiger charge is 2.29. The van der Waals surface area contributed by atoms with Crippen LogP contribution in [0.25, 0.3) is 16.6 Å². The van der Waals surface area contributed by atoms with Crippen molar-refractivity contribution in [1.29, 1.82) is 0 Å². The maximum Gasteiger partial charge on any atom is 0.266 e. The molecule has 2 aromatic carbocycles. The van der Waals surface area contributed by atoms with Crippen LogP contribution in [0.5, 0.6) is 5.75 Å². The normalized spacial score (nSPS) is 19.7. The summed E-state index contributed by atoms with van der Waals surface area (Å²) in [7, 11) is 1.59. The van der Waals surface area contributed by atoms with E-state index in [4.69, 9.17) is 9.72 Å². The van der Waals surface area contributed by atoms with E-state index in [1.807, 2.05) is 54.3 Å². The first-order valence-corrected chi connectivity index (χ1v) is 11.9. The zero-order valence-electron chi connectivity index (χ0n) is 18.9. The number of fused-ring (bicyclic) bond motifs is 1. The molecule has 0 radical (unpaired) electrons. The molecule has 1 aromatic heterocycles. The second-order valence-corrected chi connectivity index (χ2v) is 10.0. The van der Waals surface area contributed by atoms with Gasteiger partial charge < -0.3 is 9.64 Å². The van der Waals surface area contributed by atoms with E-state index < -0.39 is 0 Å². The lowest BCUT2D eigenvalue weighted by Gasteiger charge is -2.36. The predicted molar refractivity (Wildman–Crippen MR) is 129 cm³/mol. The SMILES string of the molecule is COc1cccc(-n2c(SC(C)C(=O)N3CC(C)CC(C)C3)nc3ccccc3c2=O)c1. The van der Waals surface area contributed by atoms with Crippen LogP contribution in [-0.4, -0.2) is 45.8 Å². The van der Waals surface area contributed by atoms with Crippen molar-refractivity contribution in [2.45, 2.75) is 37.6 Å². The van der Waals surface area contributed by atoms with Crippen molar-refractivity contribution in [2.75, 3.05) is 20.2 Å². The van der Waals surface area contributed by atoms with Gasteiger partial charge in [-0.25, -0.2) is 4.98 Å². The first kappa shape index (κ1) is 22.4. The molecule has 0 aliphatic carbocycles. The number of carbonyl (C=O) groups excluding carboxylic acids is 1. The molecule has 1 saturated heterocycles. The number of thioether (sulfide) groups is 1. The molecule has 3 unspecified atom stereocenters. The van der Waals surface area contributed by atoms with E-state index in [1.165, 1.54) is 11.8 Å². The van der Waals surface area contributed by atoms with Crippen molar-refractivity contribution in [3.8, 4) is 11.4 Å². The van der Waals surface area contributed by atoms with Crippen LogP contribution in [0.3, 0.4) is 0 Å². The molecule has 7 heteroatoms. The van der Waals surface area contributed by atoms with Crippen molar-refractivity contribution < 1.29 is 9.53 Å². The number of para-hydroxylation sites is 1. The Hall–Kier alpha value is -2.80. The maximum atomic E-state index is 13.5. The Morgan fingerprint density at radius 3 is 2.56 bits per heavy atom. The summed E-state index contributed by atoms with van der Waals surface area (Å²) < 4.78 is 6.94. The minimum Gasteiger partial charge on any atom is -0.497 e. The van der Waals surface area contributed by atoms with Gasteiger partial charge in [-0.1, -0.05) is 43.8 Å². The van der Waals surface area contributed by atoms with E-state index >= 15 is 0 Å². The fraction of sp³-hybridized carbons (Fsp3) is 0.400. The molecule has 0 spiro atoms. The summed E-state index contributed by atoms with van der Waals surface area (Å²) in [6, 6.07) is 14.6. The van der Waals surface area contributed by atoms with Crippen molar-refractivity contribution >= 4 is 28.6 Å². The Balaban J connectivity index is 1.74. The molecular weight excluding hydrogens is 422 g/mol. The molecule has 3 aromatic rings. The molecule has 0 bridgehead atoms. The second-order valence-electron chi connectivity index (χ2n) is 8.70. The van der Waals surface area contributed by atoms with Crippen LogP contribution in [0.2, 0.25) is 0 Å². The number of hydrogen-bond acceptors (Lipinski definition) is 5. The molecule has 1 amide bonds. The van der Waals surface area contributed by atoms with Crippen LogP contribution >= 0.6 is 11.8 Å². The Bertz CT molecular complexity index is 1180. The number of rotatable bonds is 5. The zero-order valence-corrected chi connectivity index (χ0v) is 19.8. The van der Waals surface area contributed by atoms with Crippen molar-refractivity contribution in [1.82, 2.24) is 14.5 Å². The summed E-state index contributed by atoms with van der Waals surface area (Å²) in [5, 5.41) is 0.677. The molecule has 0 N–H and O–H groups in total. The van der Waals surface area contributed by atoms with E-state index in [1.54, 1.807) is 17.7 Å².